The number of guanidine groups is 1. The maximum Gasteiger partial charge on any atom is 0.193 e. The number of rotatable bonds is 8. The molecular formula is C18H29N3O2. The van der Waals surface area contributed by atoms with Crippen LogP contribution in [0.2, 0.25) is 0 Å². The fraction of sp³-hybridized carbons (Fsp3) is 0.611. The van der Waals surface area contributed by atoms with Gasteiger partial charge < -0.3 is 19.7 Å². The van der Waals surface area contributed by atoms with Crippen LogP contribution in [0.25, 0.3) is 0 Å². The second-order valence-corrected chi connectivity index (χ2v) is 5.92. The van der Waals surface area contributed by atoms with Crippen molar-refractivity contribution >= 4 is 5.96 Å². The Balaban J connectivity index is 1.66. The first kappa shape index (κ1) is 17.8. The van der Waals surface area contributed by atoms with E-state index in [9.17, 15) is 0 Å². The van der Waals surface area contributed by atoms with E-state index in [1.54, 1.807) is 7.11 Å². The minimum absolute atomic E-state index is 0.580. The minimum atomic E-state index is 0.580. The number of aliphatic imine (C=N–C) groups is 1. The molecule has 2 rings (SSSR count). The smallest absolute Gasteiger partial charge is 0.193 e. The molecule has 0 saturated carbocycles. The van der Waals surface area contributed by atoms with Gasteiger partial charge in [-0.2, -0.15) is 0 Å². The van der Waals surface area contributed by atoms with E-state index in [1.165, 1.54) is 5.56 Å². The standard InChI is InChI=1S/C18H29N3O2/c1-19-18(20-10-6-12-22-2)21-11-9-17(13-21)15-23-14-16-7-4-3-5-8-16/h3-5,7-8,17H,6,9-15H2,1-2H3,(H,19,20). The second-order valence-electron chi connectivity index (χ2n) is 5.92. The third-order valence-corrected chi connectivity index (χ3v) is 4.07. The van der Waals surface area contributed by atoms with Crippen LogP contribution in [0.15, 0.2) is 35.3 Å². The Labute approximate surface area is 139 Å². The third kappa shape index (κ3) is 6.20. The predicted octanol–water partition coefficient (Wildman–Crippen LogP) is 2.14. The molecule has 23 heavy (non-hydrogen) atoms. The lowest BCUT2D eigenvalue weighted by Gasteiger charge is -2.21. The lowest BCUT2D eigenvalue weighted by atomic mass is 10.1. The van der Waals surface area contributed by atoms with Gasteiger partial charge in [-0.25, -0.2) is 0 Å². The highest BCUT2D eigenvalue weighted by molar-refractivity contribution is 5.80. The Hall–Kier alpha value is -1.59. The van der Waals surface area contributed by atoms with Crippen molar-refractivity contribution in [2.45, 2.75) is 19.4 Å². The summed E-state index contributed by atoms with van der Waals surface area (Å²) in [6.07, 6.45) is 2.15. The number of nitrogens with one attached hydrogen (secondary N) is 1. The van der Waals surface area contributed by atoms with E-state index in [-0.39, 0.29) is 0 Å². The lowest BCUT2D eigenvalue weighted by Crippen LogP contribution is -2.40. The van der Waals surface area contributed by atoms with Crippen molar-refractivity contribution in [1.29, 1.82) is 0 Å². The molecule has 0 amide bonds. The van der Waals surface area contributed by atoms with Gasteiger partial charge in [0, 0.05) is 46.3 Å². The molecule has 1 N–H and O–H groups in total. The van der Waals surface area contributed by atoms with Gasteiger partial charge in [0.25, 0.3) is 0 Å². The maximum absolute atomic E-state index is 5.87. The van der Waals surface area contributed by atoms with Crippen molar-refractivity contribution in [3.63, 3.8) is 0 Å². The molecular weight excluding hydrogens is 290 g/mol. The van der Waals surface area contributed by atoms with E-state index in [4.69, 9.17) is 9.47 Å². The highest BCUT2D eigenvalue weighted by Crippen LogP contribution is 2.17. The van der Waals surface area contributed by atoms with Crippen molar-refractivity contribution in [3.05, 3.63) is 35.9 Å². The molecule has 5 heteroatoms. The largest absolute Gasteiger partial charge is 0.385 e. The van der Waals surface area contributed by atoms with Crippen LogP contribution in [0.4, 0.5) is 0 Å². The van der Waals surface area contributed by atoms with E-state index in [2.05, 4.69) is 39.5 Å². The third-order valence-electron chi connectivity index (χ3n) is 4.07. The lowest BCUT2D eigenvalue weighted by molar-refractivity contribution is 0.0906. The van der Waals surface area contributed by atoms with Gasteiger partial charge in [0.1, 0.15) is 0 Å². The summed E-state index contributed by atoms with van der Waals surface area (Å²) in [6.45, 7) is 5.24. The van der Waals surface area contributed by atoms with Gasteiger partial charge in [-0.1, -0.05) is 30.3 Å². The number of ether oxygens (including phenoxy) is 2. The number of methoxy groups -OCH3 is 1. The van der Waals surface area contributed by atoms with Crippen molar-refractivity contribution < 1.29 is 9.47 Å². The van der Waals surface area contributed by atoms with Crippen molar-refractivity contribution in [1.82, 2.24) is 10.2 Å². The first-order chi connectivity index (χ1) is 11.3. The van der Waals surface area contributed by atoms with Crippen molar-refractivity contribution in [2.75, 3.05) is 47.0 Å². The Morgan fingerprint density at radius 2 is 2.17 bits per heavy atom. The van der Waals surface area contributed by atoms with Gasteiger partial charge in [0.2, 0.25) is 0 Å². The number of likely N-dealkylation sites (tertiary alicyclic amines) is 1. The summed E-state index contributed by atoms with van der Waals surface area (Å²) in [6, 6.07) is 10.3. The molecule has 0 radical (unpaired) electrons. The van der Waals surface area contributed by atoms with Crippen LogP contribution in [0.5, 0.6) is 0 Å². The summed E-state index contributed by atoms with van der Waals surface area (Å²) in [5.41, 5.74) is 1.23. The summed E-state index contributed by atoms with van der Waals surface area (Å²) in [5, 5.41) is 3.40. The zero-order valence-electron chi connectivity index (χ0n) is 14.3. The van der Waals surface area contributed by atoms with Crippen LogP contribution in [0, 0.1) is 5.92 Å². The predicted molar refractivity (Wildman–Crippen MR) is 93.6 cm³/mol. The SMILES string of the molecule is CN=C(NCCCOC)N1CCC(COCc2ccccc2)C1. The summed E-state index contributed by atoms with van der Waals surface area (Å²) < 4.78 is 10.9. The number of benzene rings is 1. The Bertz CT molecular complexity index is 465. The molecule has 1 aromatic carbocycles. The summed E-state index contributed by atoms with van der Waals surface area (Å²) in [5.74, 6) is 1.57. The van der Waals surface area contributed by atoms with Gasteiger partial charge >= 0.3 is 0 Å². The average molecular weight is 319 g/mol. The molecule has 1 aromatic rings. The highest BCUT2D eigenvalue weighted by Gasteiger charge is 2.24. The Morgan fingerprint density at radius 1 is 1.35 bits per heavy atom. The maximum atomic E-state index is 5.87. The van der Waals surface area contributed by atoms with Gasteiger partial charge in [-0.05, 0) is 18.4 Å². The van der Waals surface area contributed by atoms with Crippen LogP contribution in [-0.2, 0) is 16.1 Å². The number of hydrogen-bond acceptors (Lipinski definition) is 3. The molecule has 0 aromatic heterocycles. The van der Waals surface area contributed by atoms with Crippen LogP contribution in [-0.4, -0.2) is 57.9 Å². The second kappa shape index (κ2) is 10.2. The highest BCUT2D eigenvalue weighted by atomic mass is 16.5. The van der Waals surface area contributed by atoms with Crippen molar-refractivity contribution in [2.24, 2.45) is 10.9 Å². The van der Waals surface area contributed by atoms with Gasteiger partial charge in [0.15, 0.2) is 5.96 Å². The minimum Gasteiger partial charge on any atom is -0.385 e. The molecule has 1 aliphatic heterocycles. The quantitative estimate of drug-likeness (QED) is 0.453. The zero-order chi connectivity index (χ0) is 16.3. The molecule has 1 atom stereocenters. The summed E-state index contributed by atoms with van der Waals surface area (Å²) in [7, 11) is 3.58. The summed E-state index contributed by atoms with van der Waals surface area (Å²) in [4.78, 5) is 6.70. The first-order valence-corrected chi connectivity index (χ1v) is 8.39. The van der Waals surface area contributed by atoms with Gasteiger partial charge in [0.05, 0.1) is 13.2 Å². The Kier molecular flexibility index (Phi) is 7.90. The molecule has 0 bridgehead atoms. The monoisotopic (exact) mass is 319 g/mol. The van der Waals surface area contributed by atoms with Gasteiger partial charge in [-0.3, -0.25) is 4.99 Å². The molecule has 1 fully saturated rings. The fourth-order valence-corrected chi connectivity index (χ4v) is 2.83. The van der Waals surface area contributed by atoms with E-state index in [1.807, 2.05) is 13.1 Å². The molecule has 128 valence electrons. The first-order valence-electron chi connectivity index (χ1n) is 8.39. The molecule has 1 saturated heterocycles. The Morgan fingerprint density at radius 3 is 2.91 bits per heavy atom. The van der Waals surface area contributed by atoms with E-state index >= 15 is 0 Å². The molecule has 0 spiro atoms. The van der Waals surface area contributed by atoms with Crippen molar-refractivity contribution in [3.8, 4) is 0 Å². The van der Waals surface area contributed by atoms with Crippen LogP contribution < -0.4 is 5.32 Å². The van der Waals surface area contributed by atoms with Gasteiger partial charge in [-0.15, -0.1) is 0 Å². The van der Waals surface area contributed by atoms with E-state index < -0.39 is 0 Å². The average Bonchev–Trinajstić information content (AvgIpc) is 3.05. The summed E-state index contributed by atoms with van der Waals surface area (Å²) >= 11 is 0. The van der Waals surface area contributed by atoms with Crippen LogP contribution in [0.1, 0.15) is 18.4 Å². The molecule has 1 unspecified atom stereocenters. The molecule has 1 heterocycles. The molecule has 1 aliphatic rings. The zero-order valence-corrected chi connectivity index (χ0v) is 14.3. The topological polar surface area (TPSA) is 46.1 Å². The van der Waals surface area contributed by atoms with E-state index in [0.29, 0.717) is 12.5 Å². The normalized spacial score (nSPS) is 18.4. The molecule has 5 nitrogen and oxygen atoms in total. The number of nitrogens with zero attached hydrogens (tertiary/aromatic N) is 2. The van der Waals surface area contributed by atoms with Crippen LogP contribution in [0.3, 0.4) is 0 Å². The number of hydrogen-bond donors (Lipinski definition) is 1. The molecule has 0 aliphatic carbocycles. The fourth-order valence-electron chi connectivity index (χ4n) is 2.83. The van der Waals surface area contributed by atoms with Crippen LogP contribution >= 0.6 is 0 Å². The van der Waals surface area contributed by atoms with E-state index in [0.717, 1.165) is 51.6 Å².